The van der Waals surface area contributed by atoms with Gasteiger partial charge in [-0.2, -0.15) is 0 Å². The highest BCUT2D eigenvalue weighted by molar-refractivity contribution is 9.10. The Hall–Kier alpha value is -1.61. The molecule has 0 radical (unpaired) electrons. The van der Waals surface area contributed by atoms with Crippen molar-refractivity contribution >= 4 is 27.3 Å². The van der Waals surface area contributed by atoms with E-state index in [-0.39, 0.29) is 0 Å². The number of aliphatic imine (C=N–C) groups is 1. The molecule has 1 aliphatic rings. The number of rotatable bonds is 0. The van der Waals surface area contributed by atoms with E-state index < -0.39 is 0 Å². The van der Waals surface area contributed by atoms with Crippen LogP contribution < -0.4 is 4.74 Å². The van der Waals surface area contributed by atoms with E-state index in [0.717, 1.165) is 32.9 Å². The number of para-hydroxylation sites is 3. The van der Waals surface area contributed by atoms with Crippen molar-refractivity contribution in [3.63, 3.8) is 0 Å². The lowest BCUT2D eigenvalue weighted by Gasteiger charge is -2.09. The van der Waals surface area contributed by atoms with Crippen LogP contribution in [0.3, 0.4) is 0 Å². The van der Waals surface area contributed by atoms with E-state index in [2.05, 4.69) is 20.9 Å². The molecule has 0 saturated carbocycles. The maximum absolute atomic E-state index is 5.94. The van der Waals surface area contributed by atoms with Gasteiger partial charge in [-0.15, -0.1) is 0 Å². The smallest absolute Gasteiger partial charge is 0.153 e. The van der Waals surface area contributed by atoms with Crippen molar-refractivity contribution in [2.75, 3.05) is 0 Å². The van der Waals surface area contributed by atoms with Crippen molar-refractivity contribution < 1.29 is 4.74 Å². The predicted octanol–water partition coefficient (Wildman–Crippen LogP) is 4.70. The van der Waals surface area contributed by atoms with E-state index in [1.807, 2.05) is 49.4 Å². The second kappa shape index (κ2) is 4.00. The zero-order valence-corrected chi connectivity index (χ0v) is 10.9. The summed E-state index contributed by atoms with van der Waals surface area (Å²) in [5.41, 5.74) is 2.86. The summed E-state index contributed by atoms with van der Waals surface area (Å²) in [7, 11) is 0. The van der Waals surface area contributed by atoms with Gasteiger partial charge in [0, 0.05) is 11.3 Å². The van der Waals surface area contributed by atoms with E-state index in [1.165, 1.54) is 0 Å². The number of hydrogen-bond acceptors (Lipinski definition) is 2. The van der Waals surface area contributed by atoms with Crippen LogP contribution in [0.2, 0.25) is 0 Å². The first-order valence-corrected chi connectivity index (χ1v) is 6.16. The lowest BCUT2D eigenvalue weighted by Crippen LogP contribution is -1.96. The minimum atomic E-state index is 0.789. The van der Waals surface area contributed by atoms with Crippen LogP contribution in [0.1, 0.15) is 12.5 Å². The fourth-order valence-corrected chi connectivity index (χ4v) is 2.33. The van der Waals surface area contributed by atoms with Crippen molar-refractivity contribution in [2.45, 2.75) is 6.92 Å². The Morgan fingerprint density at radius 3 is 2.76 bits per heavy atom. The van der Waals surface area contributed by atoms with Gasteiger partial charge in [0.1, 0.15) is 5.69 Å². The fraction of sp³-hybridized carbons (Fsp3) is 0.0714. The molecule has 0 atom stereocenters. The van der Waals surface area contributed by atoms with E-state index >= 15 is 0 Å². The van der Waals surface area contributed by atoms with Crippen molar-refractivity contribution in [1.82, 2.24) is 0 Å². The molecule has 1 aliphatic heterocycles. The van der Waals surface area contributed by atoms with Crippen molar-refractivity contribution in [2.24, 2.45) is 4.99 Å². The monoisotopic (exact) mass is 287 g/mol. The summed E-state index contributed by atoms with van der Waals surface area (Å²) in [4.78, 5) is 4.59. The third-order valence-corrected chi connectivity index (χ3v) is 3.35. The number of halogens is 1. The first-order chi connectivity index (χ1) is 8.25. The van der Waals surface area contributed by atoms with Gasteiger partial charge in [-0.25, -0.2) is 4.99 Å². The SMILES string of the molecule is CC1=Nc2ccccc2Oc2c(Br)cccc21. The molecule has 17 heavy (non-hydrogen) atoms. The minimum absolute atomic E-state index is 0.789. The molecule has 3 rings (SSSR count). The lowest BCUT2D eigenvalue weighted by molar-refractivity contribution is 0.482. The first-order valence-electron chi connectivity index (χ1n) is 5.37. The van der Waals surface area contributed by atoms with Gasteiger partial charge in [0.15, 0.2) is 11.5 Å². The van der Waals surface area contributed by atoms with E-state index in [9.17, 15) is 0 Å². The third kappa shape index (κ3) is 1.76. The predicted molar refractivity (Wildman–Crippen MR) is 72.5 cm³/mol. The number of nitrogens with zero attached hydrogens (tertiary/aromatic N) is 1. The van der Waals surface area contributed by atoms with Crippen LogP contribution in [-0.2, 0) is 0 Å². The fourth-order valence-electron chi connectivity index (χ4n) is 1.88. The van der Waals surface area contributed by atoms with E-state index in [4.69, 9.17) is 4.74 Å². The average molecular weight is 288 g/mol. The second-order valence-electron chi connectivity index (χ2n) is 3.88. The molecular formula is C14H10BrNO. The minimum Gasteiger partial charge on any atom is -0.453 e. The number of hydrogen-bond donors (Lipinski definition) is 0. The van der Waals surface area contributed by atoms with Crippen LogP contribution in [0.15, 0.2) is 51.9 Å². The standard InChI is InChI=1S/C14H10BrNO/c1-9-10-5-4-6-11(15)14(10)17-13-8-3-2-7-12(13)16-9/h2-8H,1H3. The maximum Gasteiger partial charge on any atom is 0.153 e. The quantitative estimate of drug-likeness (QED) is 0.688. The van der Waals surface area contributed by atoms with Crippen LogP contribution in [0.5, 0.6) is 11.5 Å². The second-order valence-corrected chi connectivity index (χ2v) is 4.74. The molecule has 0 unspecified atom stereocenters. The highest BCUT2D eigenvalue weighted by atomic mass is 79.9. The zero-order valence-electron chi connectivity index (χ0n) is 9.27. The van der Waals surface area contributed by atoms with Gasteiger partial charge in [-0.05, 0) is 47.1 Å². The third-order valence-electron chi connectivity index (χ3n) is 2.72. The molecule has 0 aromatic heterocycles. The summed E-state index contributed by atoms with van der Waals surface area (Å²) in [6, 6.07) is 13.8. The largest absolute Gasteiger partial charge is 0.453 e. The van der Waals surface area contributed by atoms with E-state index in [0.29, 0.717) is 0 Å². The molecular weight excluding hydrogens is 278 g/mol. The van der Waals surface area contributed by atoms with Crippen molar-refractivity contribution in [3.8, 4) is 11.5 Å². The van der Waals surface area contributed by atoms with Gasteiger partial charge >= 0.3 is 0 Å². The Morgan fingerprint density at radius 2 is 1.88 bits per heavy atom. The Balaban J connectivity index is 2.28. The molecule has 0 N–H and O–H groups in total. The van der Waals surface area contributed by atoms with Crippen molar-refractivity contribution in [1.29, 1.82) is 0 Å². The molecule has 0 saturated heterocycles. The molecule has 1 heterocycles. The van der Waals surface area contributed by atoms with Gasteiger partial charge in [-0.1, -0.05) is 18.2 Å². The van der Waals surface area contributed by atoms with Crippen LogP contribution in [0, 0.1) is 0 Å². The van der Waals surface area contributed by atoms with Gasteiger partial charge in [0.05, 0.1) is 4.47 Å². The molecule has 0 bridgehead atoms. The van der Waals surface area contributed by atoms with Crippen LogP contribution in [0.4, 0.5) is 5.69 Å². The van der Waals surface area contributed by atoms with Gasteiger partial charge in [-0.3, -0.25) is 0 Å². The topological polar surface area (TPSA) is 21.6 Å². The van der Waals surface area contributed by atoms with Crippen LogP contribution in [-0.4, -0.2) is 5.71 Å². The number of ether oxygens (including phenoxy) is 1. The molecule has 2 aromatic rings. The Kier molecular flexibility index (Phi) is 2.48. The van der Waals surface area contributed by atoms with Gasteiger partial charge < -0.3 is 4.74 Å². The Bertz CT molecular complexity index is 619. The molecule has 2 nitrogen and oxygen atoms in total. The van der Waals surface area contributed by atoms with Crippen LogP contribution >= 0.6 is 15.9 Å². The molecule has 3 heteroatoms. The summed E-state index contributed by atoms with van der Waals surface area (Å²) in [6.45, 7) is 2.00. The summed E-state index contributed by atoms with van der Waals surface area (Å²) in [5.74, 6) is 1.62. The van der Waals surface area contributed by atoms with Gasteiger partial charge in [0.25, 0.3) is 0 Å². The molecule has 0 aliphatic carbocycles. The average Bonchev–Trinajstić information content (AvgIpc) is 2.47. The first kappa shape index (κ1) is 10.5. The van der Waals surface area contributed by atoms with Crippen molar-refractivity contribution in [3.05, 3.63) is 52.5 Å². The highest BCUT2D eigenvalue weighted by Gasteiger charge is 2.17. The molecule has 0 fully saturated rings. The summed E-state index contributed by atoms with van der Waals surface area (Å²) in [6.07, 6.45) is 0. The van der Waals surface area contributed by atoms with Crippen LogP contribution in [0.25, 0.3) is 0 Å². The van der Waals surface area contributed by atoms with Gasteiger partial charge in [0.2, 0.25) is 0 Å². The number of benzene rings is 2. The molecule has 0 spiro atoms. The Labute approximate surface area is 108 Å². The highest BCUT2D eigenvalue weighted by Crippen LogP contribution is 2.40. The zero-order chi connectivity index (χ0) is 11.8. The summed E-state index contributed by atoms with van der Waals surface area (Å²) < 4.78 is 6.89. The summed E-state index contributed by atoms with van der Waals surface area (Å²) >= 11 is 3.52. The molecule has 2 aromatic carbocycles. The Morgan fingerprint density at radius 1 is 1.06 bits per heavy atom. The number of fused-ring (bicyclic) bond motifs is 2. The molecule has 84 valence electrons. The maximum atomic E-state index is 5.94. The van der Waals surface area contributed by atoms with E-state index in [1.54, 1.807) is 0 Å². The molecule has 0 amide bonds. The normalized spacial score (nSPS) is 12.9. The lowest BCUT2D eigenvalue weighted by atomic mass is 10.1. The summed E-state index contributed by atoms with van der Waals surface area (Å²) in [5, 5.41) is 0.